The van der Waals surface area contributed by atoms with Gasteiger partial charge < -0.3 is 20.9 Å². The van der Waals surface area contributed by atoms with Crippen LogP contribution in [0.3, 0.4) is 0 Å². The van der Waals surface area contributed by atoms with Crippen LogP contribution < -0.4 is 5.73 Å². The van der Waals surface area contributed by atoms with Gasteiger partial charge in [-0.3, -0.25) is 4.79 Å². The van der Waals surface area contributed by atoms with Gasteiger partial charge in [-0.05, 0) is 20.3 Å². The molecule has 1 amide bonds. The molecule has 1 aliphatic rings. The zero-order chi connectivity index (χ0) is 11.6. The van der Waals surface area contributed by atoms with E-state index in [4.69, 9.17) is 10.9 Å². The van der Waals surface area contributed by atoms with E-state index in [1.165, 1.54) is 4.90 Å². The quantitative estimate of drug-likeness (QED) is 0.247. The number of amidine groups is 1. The van der Waals surface area contributed by atoms with Crippen molar-refractivity contribution in [3.63, 3.8) is 0 Å². The Morgan fingerprint density at radius 2 is 2.20 bits per heavy atom. The average Bonchev–Trinajstić information content (AvgIpc) is 2.62. The van der Waals surface area contributed by atoms with Crippen molar-refractivity contribution >= 4 is 11.7 Å². The fourth-order valence-electron chi connectivity index (χ4n) is 1.56. The zero-order valence-corrected chi connectivity index (χ0v) is 8.97. The van der Waals surface area contributed by atoms with Crippen molar-refractivity contribution in [2.24, 2.45) is 16.3 Å². The van der Waals surface area contributed by atoms with Crippen LogP contribution in [0.25, 0.3) is 0 Å². The first kappa shape index (κ1) is 11.8. The van der Waals surface area contributed by atoms with Gasteiger partial charge in [-0.25, -0.2) is 0 Å². The summed E-state index contributed by atoms with van der Waals surface area (Å²) < 4.78 is 0. The van der Waals surface area contributed by atoms with Crippen LogP contribution in [0.1, 0.15) is 20.3 Å². The van der Waals surface area contributed by atoms with Crippen molar-refractivity contribution in [3.05, 3.63) is 0 Å². The molecule has 0 aromatic heterocycles. The van der Waals surface area contributed by atoms with Crippen molar-refractivity contribution in [1.82, 2.24) is 4.90 Å². The van der Waals surface area contributed by atoms with Gasteiger partial charge in [0.15, 0.2) is 5.84 Å². The third-order valence-electron chi connectivity index (χ3n) is 2.73. The molecule has 6 heteroatoms. The van der Waals surface area contributed by atoms with E-state index in [1.54, 1.807) is 13.8 Å². The number of carbonyl (C=O) groups excluding carboxylic acids is 1. The Morgan fingerprint density at radius 3 is 2.60 bits per heavy atom. The third-order valence-corrected chi connectivity index (χ3v) is 2.73. The minimum Gasteiger partial charge on any atom is -0.409 e. The van der Waals surface area contributed by atoms with Crippen LogP contribution in [-0.2, 0) is 4.79 Å². The molecule has 0 aliphatic carbocycles. The topological polar surface area (TPSA) is 99.2 Å². The molecule has 1 fully saturated rings. The number of nitrogens with zero attached hydrogens (tertiary/aromatic N) is 2. The number of likely N-dealkylation sites (tertiary alicyclic amines) is 1. The number of oxime groups is 1. The number of carbonyl (C=O) groups is 1. The summed E-state index contributed by atoms with van der Waals surface area (Å²) in [7, 11) is 0. The van der Waals surface area contributed by atoms with Crippen LogP contribution in [0, 0.1) is 5.41 Å². The van der Waals surface area contributed by atoms with E-state index in [9.17, 15) is 9.90 Å². The predicted molar refractivity (Wildman–Crippen MR) is 54.4 cm³/mol. The van der Waals surface area contributed by atoms with E-state index in [-0.39, 0.29) is 11.7 Å². The Labute approximate surface area is 88.4 Å². The molecule has 0 bridgehead atoms. The highest BCUT2D eigenvalue weighted by Crippen LogP contribution is 2.22. The first-order valence-electron chi connectivity index (χ1n) is 4.85. The summed E-state index contributed by atoms with van der Waals surface area (Å²) in [6.07, 6.45) is 0.120. The lowest BCUT2D eigenvalue weighted by Gasteiger charge is -2.27. The second-order valence-electron chi connectivity index (χ2n) is 4.30. The number of aliphatic hydroxyl groups is 1. The first-order chi connectivity index (χ1) is 6.89. The van der Waals surface area contributed by atoms with Crippen LogP contribution in [0.2, 0.25) is 0 Å². The summed E-state index contributed by atoms with van der Waals surface area (Å²) in [5, 5.41) is 20.7. The summed E-state index contributed by atoms with van der Waals surface area (Å²) in [6, 6.07) is 0. The highest BCUT2D eigenvalue weighted by molar-refractivity contribution is 6.05. The van der Waals surface area contributed by atoms with Crippen molar-refractivity contribution < 1.29 is 15.1 Å². The Morgan fingerprint density at radius 1 is 1.60 bits per heavy atom. The molecular weight excluding hydrogens is 198 g/mol. The lowest BCUT2D eigenvalue weighted by atomic mass is 9.90. The maximum atomic E-state index is 12.0. The maximum Gasteiger partial charge on any atom is 0.236 e. The number of rotatable bonds is 2. The van der Waals surface area contributed by atoms with Gasteiger partial charge in [0.1, 0.15) is 5.41 Å². The molecular formula is C9H17N3O3. The highest BCUT2D eigenvalue weighted by Gasteiger charge is 2.38. The van der Waals surface area contributed by atoms with E-state index in [2.05, 4.69) is 5.16 Å². The fraction of sp³-hybridized carbons (Fsp3) is 0.778. The van der Waals surface area contributed by atoms with E-state index >= 15 is 0 Å². The number of β-amino-alcohol motifs (C(OH)–C–C–N with tert-alkyl or cyclic N) is 1. The van der Waals surface area contributed by atoms with Crippen molar-refractivity contribution in [3.8, 4) is 0 Å². The molecule has 1 saturated heterocycles. The average molecular weight is 215 g/mol. The van der Waals surface area contributed by atoms with Crippen molar-refractivity contribution in [1.29, 1.82) is 0 Å². The van der Waals surface area contributed by atoms with Gasteiger partial charge in [-0.2, -0.15) is 0 Å². The first-order valence-corrected chi connectivity index (χ1v) is 4.85. The van der Waals surface area contributed by atoms with Gasteiger partial charge in [0, 0.05) is 13.1 Å². The Balaban J connectivity index is 2.76. The maximum absolute atomic E-state index is 12.0. The van der Waals surface area contributed by atoms with Gasteiger partial charge in [-0.15, -0.1) is 0 Å². The van der Waals surface area contributed by atoms with Crippen LogP contribution in [0.4, 0.5) is 0 Å². The normalized spacial score (nSPS) is 23.3. The van der Waals surface area contributed by atoms with Gasteiger partial charge in [0.05, 0.1) is 6.10 Å². The van der Waals surface area contributed by atoms with E-state index in [1.807, 2.05) is 0 Å². The molecule has 6 nitrogen and oxygen atoms in total. The minimum atomic E-state index is -1.03. The number of aliphatic hydroxyl groups excluding tert-OH is 1. The number of nitrogens with two attached hydrogens (primary N) is 1. The second kappa shape index (κ2) is 4.06. The van der Waals surface area contributed by atoms with Crippen molar-refractivity contribution in [2.45, 2.75) is 26.4 Å². The number of hydrogen-bond donors (Lipinski definition) is 3. The largest absolute Gasteiger partial charge is 0.409 e. The predicted octanol–water partition coefficient (Wildman–Crippen LogP) is -0.648. The molecule has 15 heavy (non-hydrogen) atoms. The monoisotopic (exact) mass is 215 g/mol. The lowest BCUT2D eigenvalue weighted by molar-refractivity contribution is -0.136. The van der Waals surface area contributed by atoms with Gasteiger partial charge in [0.2, 0.25) is 5.91 Å². The Hall–Kier alpha value is -1.30. The molecule has 4 N–H and O–H groups in total. The third kappa shape index (κ3) is 2.20. The number of hydrogen-bond acceptors (Lipinski definition) is 4. The smallest absolute Gasteiger partial charge is 0.236 e. The molecule has 0 aromatic carbocycles. The summed E-state index contributed by atoms with van der Waals surface area (Å²) in [5.41, 5.74) is 4.41. The molecule has 0 radical (unpaired) electrons. The lowest BCUT2D eigenvalue weighted by Crippen LogP contribution is -2.47. The molecule has 1 atom stereocenters. The summed E-state index contributed by atoms with van der Waals surface area (Å²) in [4.78, 5) is 13.5. The molecule has 1 heterocycles. The summed E-state index contributed by atoms with van der Waals surface area (Å²) in [6.45, 7) is 4.02. The van der Waals surface area contributed by atoms with Crippen LogP contribution in [-0.4, -0.2) is 46.1 Å². The SMILES string of the molecule is CC(C)(C(=O)N1CCC(O)C1)C(N)=NO. The molecule has 0 aromatic rings. The zero-order valence-electron chi connectivity index (χ0n) is 8.97. The second-order valence-corrected chi connectivity index (χ2v) is 4.30. The fourth-order valence-corrected chi connectivity index (χ4v) is 1.56. The van der Waals surface area contributed by atoms with Crippen LogP contribution in [0.5, 0.6) is 0 Å². The van der Waals surface area contributed by atoms with Crippen molar-refractivity contribution in [2.75, 3.05) is 13.1 Å². The highest BCUT2D eigenvalue weighted by atomic mass is 16.4. The molecule has 0 spiro atoms. The number of amides is 1. The van der Waals surface area contributed by atoms with Crippen LogP contribution >= 0.6 is 0 Å². The molecule has 1 rings (SSSR count). The Kier molecular flexibility index (Phi) is 3.18. The standard InChI is InChI=1S/C9H17N3O3/c1-9(2,7(10)11-15)8(14)12-4-3-6(13)5-12/h6,13,15H,3-5H2,1-2H3,(H2,10,11). The molecule has 1 unspecified atom stereocenters. The van der Waals surface area contributed by atoms with Gasteiger partial charge in [-0.1, -0.05) is 5.16 Å². The minimum absolute atomic E-state index is 0.117. The summed E-state index contributed by atoms with van der Waals surface area (Å²) in [5.74, 6) is -0.344. The van der Waals surface area contributed by atoms with Gasteiger partial charge in [0.25, 0.3) is 0 Å². The van der Waals surface area contributed by atoms with E-state index < -0.39 is 11.5 Å². The van der Waals surface area contributed by atoms with E-state index in [0.29, 0.717) is 19.5 Å². The van der Waals surface area contributed by atoms with E-state index in [0.717, 1.165) is 0 Å². The molecule has 1 aliphatic heterocycles. The summed E-state index contributed by atoms with van der Waals surface area (Å²) >= 11 is 0. The molecule has 0 saturated carbocycles. The van der Waals surface area contributed by atoms with Gasteiger partial charge >= 0.3 is 0 Å². The van der Waals surface area contributed by atoms with Crippen LogP contribution in [0.15, 0.2) is 5.16 Å². The Bertz CT molecular complexity index is 288. The molecule has 86 valence electrons.